The lowest BCUT2D eigenvalue weighted by atomic mass is 10.1. The van der Waals surface area contributed by atoms with E-state index < -0.39 is 21.7 Å². The highest BCUT2D eigenvalue weighted by atomic mass is 32.2. The number of nitrogens with zero attached hydrogens (tertiary/aromatic N) is 2. The molecule has 0 aromatic heterocycles. The summed E-state index contributed by atoms with van der Waals surface area (Å²) in [6.07, 6.45) is 1.43. The van der Waals surface area contributed by atoms with Crippen LogP contribution in [0.25, 0.3) is 0 Å². The minimum atomic E-state index is -3.86. The summed E-state index contributed by atoms with van der Waals surface area (Å²) >= 11 is 0. The number of benzene rings is 3. The van der Waals surface area contributed by atoms with Gasteiger partial charge < -0.3 is 9.64 Å². The SMILES string of the molecule is O=C1C(=O)N(Cc2ccccc2)c2ccc(S(=O)(=O)N3CCCC3COc3ccccc3)cc21. The van der Waals surface area contributed by atoms with Crippen LogP contribution in [-0.2, 0) is 21.4 Å². The van der Waals surface area contributed by atoms with Crippen molar-refractivity contribution in [2.24, 2.45) is 0 Å². The maximum atomic E-state index is 13.5. The number of fused-ring (bicyclic) bond motifs is 1. The van der Waals surface area contributed by atoms with E-state index in [1.807, 2.05) is 60.7 Å². The largest absolute Gasteiger partial charge is 0.492 e. The van der Waals surface area contributed by atoms with E-state index in [-0.39, 0.29) is 29.7 Å². The van der Waals surface area contributed by atoms with Gasteiger partial charge in [0, 0.05) is 6.54 Å². The molecule has 34 heavy (non-hydrogen) atoms. The lowest BCUT2D eigenvalue weighted by molar-refractivity contribution is -0.114. The fraction of sp³-hybridized carbons (Fsp3) is 0.231. The number of ketones is 1. The molecule has 1 atom stereocenters. The summed E-state index contributed by atoms with van der Waals surface area (Å²) in [5.74, 6) is -0.649. The summed E-state index contributed by atoms with van der Waals surface area (Å²) in [5, 5.41) is 0. The van der Waals surface area contributed by atoms with Gasteiger partial charge in [-0.15, -0.1) is 0 Å². The van der Waals surface area contributed by atoms with Crippen LogP contribution < -0.4 is 9.64 Å². The highest BCUT2D eigenvalue weighted by Crippen LogP contribution is 2.34. The summed E-state index contributed by atoms with van der Waals surface area (Å²) < 4.78 is 34.2. The third-order valence-electron chi connectivity index (χ3n) is 6.24. The van der Waals surface area contributed by atoms with Gasteiger partial charge in [-0.1, -0.05) is 48.5 Å². The van der Waals surface area contributed by atoms with Gasteiger partial charge in [-0.3, -0.25) is 9.59 Å². The molecule has 0 N–H and O–H groups in total. The van der Waals surface area contributed by atoms with Crippen molar-refractivity contribution in [2.45, 2.75) is 30.3 Å². The highest BCUT2D eigenvalue weighted by Gasteiger charge is 2.40. The number of Topliss-reactive ketones (excluding diaryl/α,β-unsaturated/α-hetero) is 1. The molecule has 1 amide bonds. The van der Waals surface area contributed by atoms with Crippen LogP contribution in [-0.4, -0.2) is 43.6 Å². The van der Waals surface area contributed by atoms with Gasteiger partial charge in [0.15, 0.2) is 0 Å². The fourth-order valence-electron chi connectivity index (χ4n) is 4.50. The lowest BCUT2D eigenvalue weighted by Crippen LogP contribution is -2.39. The Morgan fingerprint density at radius 2 is 1.62 bits per heavy atom. The zero-order chi connectivity index (χ0) is 23.7. The molecular formula is C26H24N2O5S. The minimum absolute atomic E-state index is 0.0144. The van der Waals surface area contributed by atoms with Gasteiger partial charge in [-0.05, 0) is 48.7 Å². The van der Waals surface area contributed by atoms with Crippen molar-refractivity contribution in [1.29, 1.82) is 0 Å². The van der Waals surface area contributed by atoms with E-state index in [1.54, 1.807) is 6.07 Å². The van der Waals surface area contributed by atoms with Gasteiger partial charge in [0.1, 0.15) is 12.4 Å². The zero-order valence-electron chi connectivity index (χ0n) is 18.5. The number of para-hydroxylation sites is 1. The topological polar surface area (TPSA) is 84.0 Å². The molecule has 1 saturated heterocycles. The van der Waals surface area contributed by atoms with E-state index >= 15 is 0 Å². The van der Waals surface area contributed by atoms with Crippen LogP contribution in [0.2, 0.25) is 0 Å². The van der Waals surface area contributed by atoms with Crippen LogP contribution in [0.15, 0.2) is 83.8 Å². The zero-order valence-corrected chi connectivity index (χ0v) is 19.3. The minimum Gasteiger partial charge on any atom is -0.492 e. The average Bonchev–Trinajstić information content (AvgIpc) is 3.44. The number of sulfonamides is 1. The van der Waals surface area contributed by atoms with Gasteiger partial charge in [0.25, 0.3) is 11.7 Å². The van der Waals surface area contributed by atoms with E-state index in [4.69, 9.17) is 4.74 Å². The molecule has 1 fully saturated rings. The Kier molecular flexibility index (Phi) is 5.93. The third-order valence-corrected chi connectivity index (χ3v) is 8.19. The van der Waals surface area contributed by atoms with Crippen molar-refractivity contribution in [3.8, 4) is 5.75 Å². The molecule has 0 bridgehead atoms. The van der Waals surface area contributed by atoms with Crippen LogP contribution in [0.1, 0.15) is 28.8 Å². The van der Waals surface area contributed by atoms with Crippen LogP contribution >= 0.6 is 0 Å². The Hall–Kier alpha value is -3.49. The molecule has 0 spiro atoms. The summed E-state index contributed by atoms with van der Waals surface area (Å²) in [5.41, 5.74) is 1.44. The number of ether oxygens (including phenoxy) is 1. The smallest absolute Gasteiger partial charge is 0.299 e. The van der Waals surface area contributed by atoms with Crippen molar-refractivity contribution in [1.82, 2.24) is 4.31 Å². The van der Waals surface area contributed by atoms with E-state index in [2.05, 4.69) is 0 Å². The number of amides is 1. The number of carbonyl (C=O) groups excluding carboxylic acids is 2. The predicted molar refractivity (Wildman–Crippen MR) is 127 cm³/mol. The van der Waals surface area contributed by atoms with E-state index in [0.29, 0.717) is 24.4 Å². The van der Waals surface area contributed by atoms with Crippen molar-refractivity contribution in [3.05, 3.63) is 90.0 Å². The van der Waals surface area contributed by atoms with Crippen LogP contribution in [0.5, 0.6) is 5.75 Å². The molecule has 3 aromatic carbocycles. The maximum Gasteiger partial charge on any atom is 0.299 e. The number of hydrogen-bond donors (Lipinski definition) is 0. The molecule has 174 valence electrons. The first-order valence-corrected chi connectivity index (χ1v) is 12.6. The predicted octanol–water partition coefficient (Wildman–Crippen LogP) is 3.65. The average molecular weight is 477 g/mol. The van der Waals surface area contributed by atoms with E-state index in [9.17, 15) is 18.0 Å². The molecule has 7 nitrogen and oxygen atoms in total. The van der Waals surface area contributed by atoms with Gasteiger partial charge >= 0.3 is 0 Å². The van der Waals surface area contributed by atoms with Gasteiger partial charge in [-0.2, -0.15) is 4.31 Å². The van der Waals surface area contributed by atoms with Crippen LogP contribution in [0.4, 0.5) is 5.69 Å². The van der Waals surface area contributed by atoms with Crippen LogP contribution in [0.3, 0.4) is 0 Å². The quantitative estimate of drug-likeness (QED) is 0.486. The Balaban J connectivity index is 1.38. The number of carbonyl (C=O) groups is 2. The number of anilines is 1. The lowest BCUT2D eigenvalue weighted by Gasteiger charge is -2.24. The Morgan fingerprint density at radius 3 is 2.35 bits per heavy atom. The molecule has 2 aliphatic heterocycles. The molecule has 5 rings (SSSR count). The normalized spacial score (nSPS) is 18.4. The summed E-state index contributed by atoms with van der Waals surface area (Å²) in [7, 11) is -3.86. The second kappa shape index (κ2) is 9.04. The first-order valence-electron chi connectivity index (χ1n) is 11.2. The van der Waals surface area contributed by atoms with Gasteiger partial charge in [0.05, 0.1) is 28.7 Å². The molecule has 8 heteroatoms. The molecule has 0 aliphatic carbocycles. The molecule has 3 aromatic rings. The summed E-state index contributed by atoms with van der Waals surface area (Å²) in [6.45, 7) is 0.876. The Morgan fingerprint density at radius 1 is 0.912 bits per heavy atom. The monoisotopic (exact) mass is 476 g/mol. The van der Waals surface area contributed by atoms with E-state index in [1.165, 1.54) is 21.3 Å². The molecule has 0 radical (unpaired) electrons. The number of hydrogen-bond acceptors (Lipinski definition) is 5. The number of rotatable bonds is 7. The van der Waals surface area contributed by atoms with Crippen molar-refractivity contribution >= 4 is 27.4 Å². The van der Waals surface area contributed by atoms with E-state index in [0.717, 1.165) is 12.0 Å². The molecule has 0 saturated carbocycles. The first-order chi connectivity index (χ1) is 16.4. The van der Waals surface area contributed by atoms with Gasteiger partial charge in [-0.25, -0.2) is 8.42 Å². The standard InChI is InChI=1S/C26H24N2O5S/c29-25-23-16-22(13-14-24(23)27(26(25)30)17-19-8-3-1-4-9-19)34(31,32)28-15-7-10-20(28)18-33-21-11-5-2-6-12-21/h1-6,8-9,11-14,16,20H,7,10,15,17-18H2. The third kappa shape index (κ3) is 4.10. The molecule has 1 unspecified atom stereocenters. The van der Waals surface area contributed by atoms with Crippen LogP contribution in [0, 0.1) is 0 Å². The molecular weight excluding hydrogens is 452 g/mol. The van der Waals surface area contributed by atoms with Crippen molar-refractivity contribution in [3.63, 3.8) is 0 Å². The Bertz CT molecular complexity index is 1330. The summed E-state index contributed by atoms with van der Waals surface area (Å²) in [4.78, 5) is 26.8. The van der Waals surface area contributed by atoms with Gasteiger partial charge in [0.2, 0.25) is 10.0 Å². The maximum absolute atomic E-state index is 13.5. The fourth-order valence-corrected chi connectivity index (χ4v) is 6.21. The second-order valence-electron chi connectivity index (χ2n) is 8.42. The second-order valence-corrected chi connectivity index (χ2v) is 10.3. The van der Waals surface area contributed by atoms with Crippen molar-refractivity contribution in [2.75, 3.05) is 18.1 Å². The first kappa shape index (κ1) is 22.3. The summed E-state index contributed by atoms with van der Waals surface area (Å²) in [6, 6.07) is 22.7. The molecule has 2 aliphatic rings. The molecule has 2 heterocycles. The van der Waals surface area contributed by atoms with Crippen molar-refractivity contribution < 1.29 is 22.7 Å². The highest BCUT2D eigenvalue weighted by molar-refractivity contribution is 7.89. The Labute approximate surface area is 198 Å².